The summed E-state index contributed by atoms with van der Waals surface area (Å²) in [6, 6.07) is 17.1. The number of hydrogen-bond acceptors (Lipinski definition) is 4. The van der Waals surface area contributed by atoms with Crippen LogP contribution in [0.4, 0.5) is 14.5 Å². The molecule has 7 heteroatoms. The lowest BCUT2D eigenvalue weighted by molar-refractivity contribution is 0.493. The van der Waals surface area contributed by atoms with Crippen molar-refractivity contribution in [1.82, 2.24) is 10.2 Å². The van der Waals surface area contributed by atoms with Gasteiger partial charge in [-0.25, -0.2) is 8.78 Å². The van der Waals surface area contributed by atoms with Gasteiger partial charge >= 0.3 is 0 Å². The van der Waals surface area contributed by atoms with E-state index in [0.717, 1.165) is 16.8 Å². The Kier molecular flexibility index (Phi) is 5.27. The Morgan fingerprint density at radius 2 is 1.69 bits per heavy atom. The smallest absolute Gasteiger partial charge is 0.247 e. The summed E-state index contributed by atoms with van der Waals surface area (Å²) in [5.41, 5.74) is 2.76. The molecule has 1 N–H and O–H groups in total. The lowest BCUT2D eigenvalue weighted by Gasteiger charge is -2.18. The number of halogens is 3. The van der Waals surface area contributed by atoms with Crippen molar-refractivity contribution in [3.05, 3.63) is 100 Å². The van der Waals surface area contributed by atoms with Crippen molar-refractivity contribution in [3.8, 4) is 11.5 Å². The molecule has 1 aromatic heterocycles. The minimum atomic E-state index is -0.508. The van der Waals surface area contributed by atoms with Crippen LogP contribution in [0.2, 0.25) is 5.02 Å². The van der Waals surface area contributed by atoms with Crippen molar-refractivity contribution in [3.63, 3.8) is 0 Å². The first-order valence-electron chi connectivity index (χ1n) is 8.87. The maximum Gasteiger partial charge on any atom is 0.247 e. The Balaban J connectivity index is 1.73. The second-order valence-corrected chi connectivity index (χ2v) is 6.98. The van der Waals surface area contributed by atoms with Crippen LogP contribution in [0.15, 0.2) is 71.1 Å². The molecule has 1 atom stereocenters. The first kappa shape index (κ1) is 19.1. The number of aryl methyl sites for hydroxylation is 1. The molecule has 0 amide bonds. The SMILES string of the molecule is Cc1cc(F)ccc1N[C@@H](c1ccc(Cl)cc1)c1nnc(-c2cccc(F)c2)o1. The Morgan fingerprint density at radius 3 is 2.41 bits per heavy atom. The Labute approximate surface area is 171 Å². The highest BCUT2D eigenvalue weighted by Gasteiger charge is 2.22. The monoisotopic (exact) mass is 411 g/mol. The van der Waals surface area contributed by atoms with E-state index in [9.17, 15) is 8.78 Å². The van der Waals surface area contributed by atoms with Crippen LogP contribution in [0.3, 0.4) is 0 Å². The van der Waals surface area contributed by atoms with E-state index in [1.807, 2.05) is 12.1 Å². The minimum absolute atomic E-state index is 0.205. The van der Waals surface area contributed by atoms with E-state index in [4.69, 9.17) is 16.0 Å². The van der Waals surface area contributed by atoms with Gasteiger partial charge < -0.3 is 9.73 Å². The summed E-state index contributed by atoms with van der Waals surface area (Å²) in [4.78, 5) is 0. The molecule has 0 aliphatic carbocycles. The molecular weight excluding hydrogens is 396 g/mol. The largest absolute Gasteiger partial charge is 0.418 e. The van der Waals surface area contributed by atoms with Crippen LogP contribution in [0.1, 0.15) is 23.1 Å². The summed E-state index contributed by atoms with van der Waals surface area (Å²) in [6.07, 6.45) is 0. The summed E-state index contributed by atoms with van der Waals surface area (Å²) >= 11 is 6.02. The highest BCUT2D eigenvalue weighted by Crippen LogP contribution is 2.30. The van der Waals surface area contributed by atoms with Crippen molar-refractivity contribution in [2.75, 3.05) is 5.32 Å². The van der Waals surface area contributed by atoms with Crippen LogP contribution in [0.5, 0.6) is 0 Å². The van der Waals surface area contributed by atoms with E-state index in [2.05, 4.69) is 15.5 Å². The van der Waals surface area contributed by atoms with E-state index in [1.165, 1.54) is 24.3 Å². The van der Waals surface area contributed by atoms with E-state index >= 15 is 0 Å². The van der Waals surface area contributed by atoms with Gasteiger partial charge in [-0.3, -0.25) is 0 Å². The summed E-state index contributed by atoms with van der Waals surface area (Å²) in [5, 5.41) is 12.1. The Hall–Kier alpha value is -3.25. The fourth-order valence-electron chi connectivity index (χ4n) is 2.98. The molecule has 0 saturated heterocycles. The molecule has 4 nitrogen and oxygen atoms in total. The van der Waals surface area contributed by atoms with Crippen molar-refractivity contribution in [2.45, 2.75) is 13.0 Å². The van der Waals surface area contributed by atoms with Gasteiger partial charge in [0.1, 0.15) is 17.7 Å². The minimum Gasteiger partial charge on any atom is -0.418 e. The summed E-state index contributed by atoms with van der Waals surface area (Å²) in [5.74, 6) is -0.217. The molecule has 4 rings (SSSR count). The molecule has 0 saturated carbocycles. The molecule has 0 spiro atoms. The zero-order valence-corrected chi connectivity index (χ0v) is 16.1. The third kappa shape index (κ3) is 4.27. The average Bonchev–Trinajstić information content (AvgIpc) is 3.18. The molecule has 4 aromatic rings. The second kappa shape index (κ2) is 8.01. The fourth-order valence-corrected chi connectivity index (χ4v) is 3.10. The van der Waals surface area contributed by atoms with E-state index in [-0.39, 0.29) is 17.6 Å². The lowest BCUT2D eigenvalue weighted by atomic mass is 10.1. The lowest BCUT2D eigenvalue weighted by Crippen LogP contribution is -2.13. The standard InChI is InChI=1S/C22H16ClF2N3O/c1-13-11-18(25)9-10-19(13)26-20(14-5-7-16(23)8-6-14)22-28-27-21(29-22)15-3-2-4-17(24)12-15/h2-12,20,26H,1H3/t20-/m0/s1. The maximum atomic E-state index is 13.5. The van der Waals surface area contributed by atoms with Gasteiger partial charge in [0.2, 0.25) is 11.8 Å². The topological polar surface area (TPSA) is 51.0 Å². The van der Waals surface area contributed by atoms with Gasteiger partial charge in [-0.1, -0.05) is 29.8 Å². The van der Waals surface area contributed by atoms with Gasteiger partial charge in [0.25, 0.3) is 0 Å². The quantitative estimate of drug-likeness (QED) is 0.426. The third-order valence-electron chi connectivity index (χ3n) is 4.45. The van der Waals surface area contributed by atoms with Crippen molar-refractivity contribution in [2.24, 2.45) is 0 Å². The van der Waals surface area contributed by atoms with Crippen molar-refractivity contribution in [1.29, 1.82) is 0 Å². The van der Waals surface area contributed by atoms with Crippen LogP contribution >= 0.6 is 11.6 Å². The molecule has 0 aliphatic heterocycles. The van der Waals surface area contributed by atoms with Crippen LogP contribution in [0, 0.1) is 18.6 Å². The number of anilines is 1. The normalized spacial score (nSPS) is 12.0. The van der Waals surface area contributed by atoms with E-state index < -0.39 is 11.9 Å². The summed E-state index contributed by atoms with van der Waals surface area (Å²) < 4.78 is 32.9. The zero-order chi connectivity index (χ0) is 20.4. The summed E-state index contributed by atoms with van der Waals surface area (Å²) in [7, 11) is 0. The number of nitrogens with zero attached hydrogens (tertiary/aromatic N) is 2. The highest BCUT2D eigenvalue weighted by molar-refractivity contribution is 6.30. The number of benzene rings is 3. The predicted molar refractivity (Wildman–Crippen MR) is 108 cm³/mol. The van der Waals surface area contributed by atoms with Crippen molar-refractivity contribution >= 4 is 17.3 Å². The molecule has 0 aliphatic rings. The molecule has 0 bridgehead atoms. The predicted octanol–water partition coefficient (Wildman–Crippen LogP) is 6.18. The average molecular weight is 412 g/mol. The van der Waals surface area contributed by atoms with Gasteiger partial charge in [0, 0.05) is 16.3 Å². The molecule has 0 unspecified atom stereocenters. The first-order chi connectivity index (χ1) is 14.0. The van der Waals surface area contributed by atoms with Gasteiger partial charge in [-0.15, -0.1) is 10.2 Å². The third-order valence-corrected chi connectivity index (χ3v) is 4.70. The van der Waals surface area contributed by atoms with Gasteiger partial charge in [0.15, 0.2) is 0 Å². The number of rotatable bonds is 5. The van der Waals surface area contributed by atoms with Gasteiger partial charge in [-0.2, -0.15) is 0 Å². The molecular formula is C22H16ClF2N3O. The number of aromatic nitrogens is 2. The van der Waals surface area contributed by atoms with Crippen LogP contribution in [0.25, 0.3) is 11.5 Å². The Bertz CT molecular complexity index is 1150. The van der Waals surface area contributed by atoms with Crippen molar-refractivity contribution < 1.29 is 13.2 Å². The molecule has 0 fully saturated rings. The van der Waals surface area contributed by atoms with Gasteiger partial charge in [-0.05, 0) is 66.6 Å². The Morgan fingerprint density at radius 1 is 0.931 bits per heavy atom. The van der Waals surface area contributed by atoms with Crippen LogP contribution in [-0.2, 0) is 0 Å². The molecule has 0 radical (unpaired) electrons. The van der Waals surface area contributed by atoms with Gasteiger partial charge in [0.05, 0.1) is 0 Å². The zero-order valence-electron chi connectivity index (χ0n) is 15.4. The number of hydrogen-bond donors (Lipinski definition) is 1. The highest BCUT2D eigenvalue weighted by atomic mass is 35.5. The molecule has 146 valence electrons. The molecule has 3 aromatic carbocycles. The van der Waals surface area contributed by atoms with Crippen LogP contribution in [-0.4, -0.2) is 10.2 Å². The first-order valence-corrected chi connectivity index (χ1v) is 9.25. The number of nitrogens with one attached hydrogen (secondary N) is 1. The summed E-state index contributed by atoms with van der Waals surface area (Å²) in [6.45, 7) is 1.80. The second-order valence-electron chi connectivity index (χ2n) is 6.54. The van der Waals surface area contributed by atoms with E-state index in [1.54, 1.807) is 37.3 Å². The fraction of sp³-hybridized carbons (Fsp3) is 0.0909. The maximum absolute atomic E-state index is 13.5. The molecule has 1 heterocycles. The molecule has 29 heavy (non-hydrogen) atoms. The van der Waals surface area contributed by atoms with Crippen LogP contribution < -0.4 is 5.32 Å². The van der Waals surface area contributed by atoms with E-state index in [0.29, 0.717) is 10.6 Å².